The van der Waals surface area contributed by atoms with Crippen molar-refractivity contribution in [3.8, 4) is 16.8 Å². The van der Waals surface area contributed by atoms with Crippen molar-refractivity contribution in [1.29, 1.82) is 0 Å². The van der Waals surface area contributed by atoms with Gasteiger partial charge in [-0.15, -0.1) is 0 Å². The van der Waals surface area contributed by atoms with Crippen LogP contribution in [0.5, 0.6) is 0 Å². The summed E-state index contributed by atoms with van der Waals surface area (Å²) in [6, 6.07) is 8.51. The van der Waals surface area contributed by atoms with Crippen molar-refractivity contribution in [2.75, 3.05) is 0 Å². The van der Waals surface area contributed by atoms with Crippen LogP contribution < -0.4 is 5.14 Å². The Morgan fingerprint density at radius 2 is 1.83 bits per heavy atom. The first-order valence-electron chi connectivity index (χ1n) is 7.93. The zero-order valence-corrected chi connectivity index (χ0v) is 15.5. The van der Waals surface area contributed by atoms with E-state index in [1.807, 2.05) is 0 Å². The molecule has 0 fully saturated rings. The van der Waals surface area contributed by atoms with E-state index in [-0.39, 0.29) is 21.8 Å². The smallest absolute Gasteiger partial charge is 0.258 e. The number of rotatable bonds is 4. The molecule has 2 aromatic carbocycles. The zero-order valence-electron chi connectivity index (χ0n) is 14.7. The summed E-state index contributed by atoms with van der Waals surface area (Å²) in [5.41, 5.74) is -0.496. The molecular formula is C17H13F3N4O4S. The molecule has 1 aromatic heterocycles. The highest BCUT2D eigenvalue weighted by molar-refractivity contribution is 7.89. The quantitative estimate of drug-likeness (QED) is 0.506. The van der Waals surface area contributed by atoms with Gasteiger partial charge in [-0.05, 0) is 30.7 Å². The van der Waals surface area contributed by atoms with Gasteiger partial charge in [0.2, 0.25) is 10.0 Å². The number of hydrogen-bond donors (Lipinski definition) is 1. The number of hydrogen-bond acceptors (Lipinski definition) is 5. The molecule has 1 heterocycles. The molecule has 0 unspecified atom stereocenters. The van der Waals surface area contributed by atoms with Crippen molar-refractivity contribution in [1.82, 2.24) is 9.78 Å². The van der Waals surface area contributed by atoms with Crippen molar-refractivity contribution < 1.29 is 26.5 Å². The number of primary sulfonamides is 1. The lowest BCUT2D eigenvalue weighted by atomic mass is 10.0. The normalized spacial score (nSPS) is 12.2. The van der Waals surface area contributed by atoms with E-state index in [2.05, 4.69) is 5.10 Å². The Balaban J connectivity index is 2.27. The number of nitro groups is 1. The fourth-order valence-electron chi connectivity index (χ4n) is 2.71. The van der Waals surface area contributed by atoms with Gasteiger partial charge in [-0.3, -0.25) is 10.1 Å². The van der Waals surface area contributed by atoms with Crippen LogP contribution in [0.15, 0.2) is 53.6 Å². The van der Waals surface area contributed by atoms with Gasteiger partial charge >= 0.3 is 6.18 Å². The number of benzene rings is 2. The summed E-state index contributed by atoms with van der Waals surface area (Å²) < 4.78 is 63.0. The topological polar surface area (TPSA) is 121 Å². The van der Waals surface area contributed by atoms with E-state index >= 15 is 0 Å². The maximum atomic E-state index is 12.9. The lowest BCUT2D eigenvalue weighted by molar-refractivity contribution is -0.385. The van der Waals surface area contributed by atoms with Crippen LogP contribution in [0.25, 0.3) is 16.8 Å². The van der Waals surface area contributed by atoms with Crippen LogP contribution in [0.2, 0.25) is 0 Å². The number of nitro benzene ring substituents is 1. The highest BCUT2D eigenvalue weighted by Gasteiger charge is 2.34. The van der Waals surface area contributed by atoms with Crippen molar-refractivity contribution in [3.63, 3.8) is 0 Å². The van der Waals surface area contributed by atoms with Crippen LogP contribution in [0, 0.1) is 17.0 Å². The Morgan fingerprint density at radius 3 is 2.38 bits per heavy atom. The molecule has 0 amide bonds. The number of halogens is 3. The first-order valence-corrected chi connectivity index (χ1v) is 9.48. The monoisotopic (exact) mass is 426 g/mol. The first kappa shape index (κ1) is 20.5. The van der Waals surface area contributed by atoms with Gasteiger partial charge in [0, 0.05) is 23.4 Å². The lowest BCUT2D eigenvalue weighted by Crippen LogP contribution is -2.13. The first-order chi connectivity index (χ1) is 13.4. The third-order valence-electron chi connectivity index (χ3n) is 4.14. The summed E-state index contributed by atoms with van der Waals surface area (Å²) in [6.45, 7) is 1.54. The molecule has 0 aliphatic carbocycles. The second kappa shape index (κ2) is 6.97. The second-order valence-electron chi connectivity index (χ2n) is 6.13. The molecule has 0 atom stereocenters. The minimum absolute atomic E-state index is 0.0369. The summed E-state index contributed by atoms with van der Waals surface area (Å²) in [5.74, 6) is 0. The van der Waals surface area contributed by atoms with Crippen LogP contribution in [0.1, 0.15) is 11.3 Å². The highest BCUT2D eigenvalue weighted by atomic mass is 32.2. The Hall–Kier alpha value is -3.25. The van der Waals surface area contributed by atoms with Gasteiger partial charge in [-0.1, -0.05) is 18.2 Å². The van der Waals surface area contributed by atoms with Gasteiger partial charge in [0.1, 0.15) is 0 Å². The average Bonchev–Trinajstić information content (AvgIpc) is 3.11. The van der Waals surface area contributed by atoms with Crippen LogP contribution in [-0.4, -0.2) is 23.1 Å². The van der Waals surface area contributed by atoms with Gasteiger partial charge in [-0.2, -0.15) is 18.3 Å². The molecule has 0 bridgehead atoms. The number of aryl methyl sites for hydroxylation is 1. The maximum absolute atomic E-state index is 12.9. The van der Waals surface area contributed by atoms with Crippen molar-refractivity contribution in [3.05, 3.63) is 70.0 Å². The Labute approximate surface area is 162 Å². The molecule has 2 N–H and O–H groups in total. The Morgan fingerprint density at radius 1 is 1.14 bits per heavy atom. The zero-order chi connectivity index (χ0) is 21.6. The third-order valence-corrected chi connectivity index (χ3v) is 5.05. The Kier molecular flexibility index (Phi) is 4.92. The number of sulfonamides is 1. The summed E-state index contributed by atoms with van der Waals surface area (Å²) in [7, 11) is -4.15. The molecule has 3 aromatic rings. The second-order valence-corrected chi connectivity index (χ2v) is 7.69. The van der Waals surface area contributed by atoms with E-state index in [9.17, 15) is 31.7 Å². The molecule has 29 heavy (non-hydrogen) atoms. The van der Waals surface area contributed by atoms with Gasteiger partial charge in [0.05, 0.1) is 15.5 Å². The number of nitrogens with two attached hydrogens (primary N) is 1. The lowest BCUT2D eigenvalue weighted by Gasteiger charge is -2.12. The molecular weight excluding hydrogens is 413 g/mol. The van der Waals surface area contributed by atoms with E-state index in [0.29, 0.717) is 11.1 Å². The minimum atomic E-state index is -4.70. The predicted molar refractivity (Wildman–Crippen MR) is 96.8 cm³/mol. The van der Waals surface area contributed by atoms with Gasteiger partial charge in [-0.25, -0.2) is 18.2 Å². The molecule has 3 rings (SSSR count). The summed E-state index contributed by atoms with van der Waals surface area (Å²) in [6.07, 6.45) is -3.69. The molecule has 8 nitrogen and oxygen atoms in total. The highest BCUT2D eigenvalue weighted by Crippen LogP contribution is 2.34. The predicted octanol–water partition coefficient (Wildman–Crippen LogP) is 3.42. The van der Waals surface area contributed by atoms with E-state index in [4.69, 9.17) is 5.14 Å². The summed E-state index contributed by atoms with van der Waals surface area (Å²) in [4.78, 5) is 10.3. The molecule has 0 aliphatic rings. The third kappa shape index (κ3) is 4.12. The van der Waals surface area contributed by atoms with Crippen molar-refractivity contribution >= 4 is 15.7 Å². The minimum Gasteiger partial charge on any atom is -0.258 e. The maximum Gasteiger partial charge on any atom is 0.435 e. The molecule has 12 heteroatoms. The van der Waals surface area contributed by atoms with E-state index in [0.717, 1.165) is 29.1 Å². The van der Waals surface area contributed by atoms with Gasteiger partial charge in [0.15, 0.2) is 5.69 Å². The van der Waals surface area contributed by atoms with E-state index in [1.165, 1.54) is 31.2 Å². The van der Waals surface area contributed by atoms with Crippen LogP contribution in [-0.2, 0) is 16.2 Å². The Bertz CT molecular complexity index is 1220. The molecule has 0 spiro atoms. The molecule has 0 radical (unpaired) electrons. The number of aromatic nitrogens is 2. The average molecular weight is 426 g/mol. The fraction of sp³-hybridized carbons (Fsp3) is 0.118. The van der Waals surface area contributed by atoms with Crippen molar-refractivity contribution in [2.45, 2.75) is 18.0 Å². The molecule has 152 valence electrons. The number of alkyl halides is 3. The molecule has 0 aliphatic heterocycles. The van der Waals surface area contributed by atoms with Gasteiger partial charge < -0.3 is 0 Å². The van der Waals surface area contributed by atoms with E-state index < -0.39 is 26.8 Å². The summed E-state index contributed by atoms with van der Waals surface area (Å²) in [5, 5.41) is 19.8. The van der Waals surface area contributed by atoms with Gasteiger partial charge in [0.25, 0.3) is 5.69 Å². The SMILES string of the molecule is Cc1ccc(-c2ccc(S(N)(=O)=O)cc2-n2ccc(C(F)(F)F)n2)cc1[N+](=O)[O-]. The van der Waals surface area contributed by atoms with Crippen molar-refractivity contribution in [2.24, 2.45) is 5.14 Å². The van der Waals surface area contributed by atoms with Crippen LogP contribution >= 0.6 is 0 Å². The summed E-state index contributed by atoms with van der Waals surface area (Å²) >= 11 is 0. The van der Waals surface area contributed by atoms with Crippen LogP contribution in [0.4, 0.5) is 18.9 Å². The number of nitrogens with zero attached hydrogens (tertiary/aromatic N) is 3. The fourth-order valence-corrected chi connectivity index (χ4v) is 3.24. The molecule has 0 saturated heterocycles. The largest absolute Gasteiger partial charge is 0.435 e. The van der Waals surface area contributed by atoms with E-state index in [1.54, 1.807) is 0 Å². The molecule has 0 saturated carbocycles. The standard InChI is InChI=1S/C17H13F3N4O4S/c1-10-2-3-11(8-14(10)24(25)26)13-5-4-12(29(21,27)28)9-15(13)23-7-6-16(22-23)17(18,19)20/h2-9H,1H3,(H2,21,27,28). The van der Waals surface area contributed by atoms with Crippen LogP contribution in [0.3, 0.4) is 0 Å².